The van der Waals surface area contributed by atoms with E-state index in [0.717, 1.165) is 5.56 Å². The number of methoxy groups -OCH3 is 1. The highest BCUT2D eigenvalue weighted by molar-refractivity contribution is 7.09. The molecule has 0 aliphatic rings. The molecule has 0 unspecified atom stereocenters. The molecule has 0 spiro atoms. The van der Waals surface area contributed by atoms with Crippen LogP contribution in [0.2, 0.25) is 0 Å². The van der Waals surface area contributed by atoms with Crippen LogP contribution in [0.25, 0.3) is 0 Å². The lowest BCUT2D eigenvalue weighted by Gasteiger charge is -2.30. The fourth-order valence-electron chi connectivity index (χ4n) is 3.76. The van der Waals surface area contributed by atoms with Gasteiger partial charge in [-0.25, -0.2) is 4.39 Å². The average Bonchev–Trinajstić information content (AvgIpc) is 3.57. The van der Waals surface area contributed by atoms with Gasteiger partial charge in [0.25, 0.3) is 11.8 Å². The SMILES string of the molecule is COc1ccc(CNC(=O)[C@H](c2ccc(F)cc2)N(Cc2ccco2)C(=O)c2snc(C(N)=O)c2N)cc1. The van der Waals surface area contributed by atoms with Crippen molar-refractivity contribution in [3.63, 3.8) is 0 Å². The van der Waals surface area contributed by atoms with Crippen molar-refractivity contribution in [1.29, 1.82) is 0 Å². The average molecular weight is 538 g/mol. The summed E-state index contributed by atoms with van der Waals surface area (Å²) in [5.41, 5.74) is 12.1. The van der Waals surface area contributed by atoms with Gasteiger partial charge in [0.1, 0.15) is 28.2 Å². The molecule has 0 radical (unpaired) electrons. The zero-order valence-corrected chi connectivity index (χ0v) is 21.0. The Hall–Kier alpha value is -4.71. The summed E-state index contributed by atoms with van der Waals surface area (Å²) in [6.45, 7) is 0.0188. The molecular formula is C26H24FN5O5S. The predicted molar refractivity (Wildman–Crippen MR) is 138 cm³/mol. The minimum atomic E-state index is -1.22. The van der Waals surface area contributed by atoms with E-state index in [1.807, 2.05) is 0 Å². The van der Waals surface area contributed by atoms with Crippen molar-refractivity contribution in [2.24, 2.45) is 5.73 Å². The van der Waals surface area contributed by atoms with Crippen LogP contribution in [0, 0.1) is 5.82 Å². The smallest absolute Gasteiger partial charge is 0.270 e. The first-order valence-electron chi connectivity index (χ1n) is 11.3. The standard InChI is InChI=1S/C26H24FN5O5S/c1-36-18-10-4-15(5-11-18)13-30-25(34)22(16-6-8-17(27)9-7-16)32(14-19-3-2-12-37-19)26(35)23-20(28)21(24(29)33)31-38-23/h2-12,22H,13-14,28H2,1H3,(H2,29,33)(H,30,34)/t22-/m0/s1. The van der Waals surface area contributed by atoms with Crippen molar-refractivity contribution in [3.8, 4) is 5.75 Å². The number of furan rings is 1. The number of benzene rings is 2. The van der Waals surface area contributed by atoms with Crippen LogP contribution in [-0.2, 0) is 17.9 Å². The lowest BCUT2D eigenvalue weighted by atomic mass is 10.0. The Bertz CT molecular complexity index is 1420. The van der Waals surface area contributed by atoms with Gasteiger partial charge in [-0.05, 0) is 59.1 Å². The van der Waals surface area contributed by atoms with Gasteiger partial charge < -0.3 is 30.8 Å². The quantitative estimate of drug-likeness (QED) is 0.281. The molecule has 4 rings (SSSR count). The number of carbonyl (C=O) groups excluding carboxylic acids is 3. The number of carbonyl (C=O) groups is 3. The third kappa shape index (κ3) is 5.81. The number of nitrogen functional groups attached to an aromatic ring is 1. The van der Waals surface area contributed by atoms with Crippen LogP contribution in [-0.4, -0.2) is 34.1 Å². The van der Waals surface area contributed by atoms with E-state index in [0.29, 0.717) is 28.6 Å². The van der Waals surface area contributed by atoms with Gasteiger partial charge in [0.15, 0.2) is 5.69 Å². The summed E-state index contributed by atoms with van der Waals surface area (Å²) in [6.07, 6.45) is 1.43. The second kappa shape index (κ2) is 11.6. The van der Waals surface area contributed by atoms with Gasteiger partial charge in [0, 0.05) is 6.54 Å². The lowest BCUT2D eigenvalue weighted by Crippen LogP contribution is -2.43. The fourth-order valence-corrected chi connectivity index (χ4v) is 4.52. The Labute approximate surface area is 221 Å². The number of primary amides is 1. The molecule has 2 aromatic heterocycles. The molecule has 5 N–H and O–H groups in total. The topological polar surface area (TPSA) is 154 Å². The second-order valence-corrected chi connectivity index (χ2v) is 8.94. The van der Waals surface area contributed by atoms with Gasteiger partial charge >= 0.3 is 0 Å². The van der Waals surface area contributed by atoms with Crippen molar-refractivity contribution in [3.05, 3.63) is 100 Å². The molecule has 0 aliphatic heterocycles. The number of hydrogen-bond donors (Lipinski definition) is 3. The molecule has 4 aromatic rings. The van der Waals surface area contributed by atoms with Crippen LogP contribution >= 0.6 is 11.5 Å². The Kier molecular flexibility index (Phi) is 8.02. The number of hydrogen-bond acceptors (Lipinski definition) is 8. The second-order valence-electron chi connectivity index (χ2n) is 8.17. The zero-order chi connectivity index (χ0) is 27.2. The normalized spacial score (nSPS) is 11.5. The number of nitrogens with zero attached hydrogens (tertiary/aromatic N) is 2. The molecule has 0 fully saturated rings. The van der Waals surface area contributed by atoms with Gasteiger partial charge in [-0.15, -0.1) is 0 Å². The van der Waals surface area contributed by atoms with Crippen molar-refractivity contribution in [2.45, 2.75) is 19.1 Å². The molecule has 10 nitrogen and oxygen atoms in total. The van der Waals surface area contributed by atoms with Gasteiger partial charge in [-0.1, -0.05) is 24.3 Å². The number of nitrogens with one attached hydrogen (secondary N) is 1. The Morgan fingerprint density at radius 2 is 1.84 bits per heavy atom. The molecule has 3 amide bonds. The first kappa shape index (κ1) is 26.4. The Morgan fingerprint density at radius 3 is 2.42 bits per heavy atom. The van der Waals surface area contributed by atoms with Crippen LogP contribution in [0.15, 0.2) is 71.3 Å². The molecule has 2 aromatic carbocycles. The van der Waals surface area contributed by atoms with Gasteiger partial charge in [-0.3, -0.25) is 14.4 Å². The fraction of sp³-hybridized carbons (Fsp3) is 0.154. The molecule has 12 heteroatoms. The summed E-state index contributed by atoms with van der Waals surface area (Å²) in [5, 5.41) is 2.84. The van der Waals surface area contributed by atoms with Crippen LogP contribution in [0.3, 0.4) is 0 Å². The summed E-state index contributed by atoms with van der Waals surface area (Å²) in [4.78, 5) is 40.3. The molecule has 2 heterocycles. The predicted octanol–water partition coefficient (Wildman–Crippen LogP) is 3.27. The van der Waals surface area contributed by atoms with Crippen LogP contribution < -0.4 is 21.5 Å². The maximum absolute atomic E-state index is 13.8. The third-order valence-electron chi connectivity index (χ3n) is 5.69. The number of ether oxygens (including phenoxy) is 1. The van der Waals surface area contributed by atoms with E-state index in [1.165, 1.54) is 35.4 Å². The molecule has 1 atom stereocenters. The Morgan fingerprint density at radius 1 is 1.13 bits per heavy atom. The highest BCUT2D eigenvalue weighted by Gasteiger charge is 2.35. The summed E-state index contributed by atoms with van der Waals surface area (Å²) < 4.78 is 28.3. The van der Waals surface area contributed by atoms with E-state index < -0.39 is 29.6 Å². The van der Waals surface area contributed by atoms with E-state index in [2.05, 4.69) is 9.69 Å². The minimum Gasteiger partial charge on any atom is -0.497 e. The number of anilines is 1. The maximum Gasteiger partial charge on any atom is 0.270 e. The molecule has 196 valence electrons. The van der Waals surface area contributed by atoms with Gasteiger partial charge in [0.05, 0.1) is 25.6 Å². The zero-order valence-electron chi connectivity index (χ0n) is 20.2. The first-order chi connectivity index (χ1) is 18.3. The molecule has 0 aliphatic carbocycles. The largest absolute Gasteiger partial charge is 0.497 e. The number of nitrogens with two attached hydrogens (primary N) is 2. The number of rotatable bonds is 10. The number of amides is 3. The van der Waals surface area contributed by atoms with Crippen LogP contribution in [0.1, 0.15) is 43.1 Å². The van der Waals surface area contributed by atoms with E-state index in [9.17, 15) is 18.8 Å². The maximum atomic E-state index is 13.8. The molecule has 0 bridgehead atoms. The van der Waals surface area contributed by atoms with E-state index in [4.69, 9.17) is 20.6 Å². The highest BCUT2D eigenvalue weighted by Crippen LogP contribution is 2.30. The van der Waals surface area contributed by atoms with E-state index >= 15 is 0 Å². The van der Waals surface area contributed by atoms with Crippen molar-refractivity contribution in [2.75, 3.05) is 12.8 Å². The summed E-state index contributed by atoms with van der Waals surface area (Å²) in [6, 6.07) is 14.4. The number of aromatic nitrogens is 1. The van der Waals surface area contributed by atoms with Gasteiger partial charge in [0.2, 0.25) is 5.91 Å². The summed E-state index contributed by atoms with van der Waals surface area (Å²) in [7, 11) is 1.55. The van der Waals surface area contributed by atoms with Crippen LogP contribution in [0.5, 0.6) is 5.75 Å². The summed E-state index contributed by atoms with van der Waals surface area (Å²) >= 11 is 0.693. The van der Waals surface area contributed by atoms with Crippen molar-refractivity contribution < 1.29 is 27.9 Å². The number of halogens is 1. The van der Waals surface area contributed by atoms with Crippen LogP contribution in [0.4, 0.5) is 10.1 Å². The molecule has 38 heavy (non-hydrogen) atoms. The first-order valence-corrected chi connectivity index (χ1v) is 12.1. The van der Waals surface area contributed by atoms with Crippen molar-refractivity contribution >= 4 is 34.9 Å². The lowest BCUT2D eigenvalue weighted by molar-refractivity contribution is -0.126. The Balaban J connectivity index is 1.72. The van der Waals surface area contributed by atoms with E-state index in [-0.39, 0.29) is 29.3 Å². The van der Waals surface area contributed by atoms with Gasteiger partial charge in [-0.2, -0.15) is 4.37 Å². The monoisotopic (exact) mass is 537 g/mol. The highest BCUT2D eigenvalue weighted by atomic mass is 32.1. The third-order valence-corrected chi connectivity index (χ3v) is 6.55. The summed E-state index contributed by atoms with van der Waals surface area (Å²) in [5.74, 6) is -1.57. The minimum absolute atomic E-state index is 0.0691. The van der Waals surface area contributed by atoms with E-state index in [1.54, 1.807) is 43.5 Å². The molecule has 0 saturated heterocycles. The molecular weight excluding hydrogens is 513 g/mol. The molecule has 0 saturated carbocycles. The van der Waals surface area contributed by atoms with Crippen molar-refractivity contribution in [1.82, 2.24) is 14.6 Å².